The van der Waals surface area contributed by atoms with Crippen molar-refractivity contribution in [3.63, 3.8) is 0 Å². The summed E-state index contributed by atoms with van der Waals surface area (Å²) >= 11 is 5.73. The predicted molar refractivity (Wildman–Crippen MR) is 67.6 cm³/mol. The van der Waals surface area contributed by atoms with Crippen LogP contribution in [0.5, 0.6) is 5.88 Å². The van der Waals surface area contributed by atoms with Gasteiger partial charge in [0.1, 0.15) is 10.0 Å². The summed E-state index contributed by atoms with van der Waals surface area (Å²) in [5, 5.41) is 3.85. The third kappa shape index (κ3) is 3.12. The molecule has 102 valence electrons. The second-order valence-corrected chi connectivity index (χ2v) is 5.58. The van der Waals surface area contributed by atoms with Crippen molar-refractivity contribution >= 4 is 27.6 Å². The highest BCUT2D eigenvalue weighted by atomic mass is 35.5. The lowest BCUT2D eigenvalue weighted by molar-refractivity contribution is 0.397. The number of hydrogen-bond donors (Lipinski definition) is 1. The average Bonchev–Trinajstić information content (AvgIpc) is 2.75. The van der Waals surface area contributed by atoms with Crippen LogP contribution in [0.25, 0.3) is 0 Å². The molecule has 1 N–H and O–H groups in total. The molecule has 0 aromatic carbocycles. The molecule has 0 unspecified atom stereocenters. The maximum atomic E-state index is 12.0. The van der Waals surface area contributed by atoms with Crippen molar-refractivity contribution < 1.29 is 13.2 Å². The van der Waals surface area contributed by atoms with E-state index < -0.39 is 10.0 Å². The number of nitrogens with zero attached hydrogens (tertiary/aromatic N) is 4. The van der Waals surface area contributed by atoms with Crippen molar-refractivity contribution in [3.8, 4) is 5.88 Å². The first-order valence-electron chi connectivity index (χ1n) is 5.01. The molecule has 0 aliphatic heterocycles. The molecule has 0 atom stereocenters. The maximum absolute atomic E-state index is 12.0. The van der Waals surface area contributed by atoms with Crippen molar-refractivity contribution in [2.75, 3.05) is 11.8 Å². The van der Waals surface area contributed by atoms with Crippen LogP contribution in [0, 0.1) is 0 Å². The minimum absolute atomic E-state index is 0.00228. The summed E-state index contributed by atoms with van der Waals surface area (Å²) in [6.45, 7) is 0. The van der Waals surface area contributed by atoms with E-state index in [0.717, 1.165) is 0 Å². The minimum atomic E-state index is -3.81. The Morgan fingerprint density at radius 3 is 2.74 bits per heavy atom. The first kappa shape index (κ1) is 13.6. The van der Waals surface area contributed by atoms with E-state index in [4.69, 9.17) is 16.3 Å². The number of anilines is 1. The topological polar surface area (TPSA) is 99.0 Å². The van der Waals surface area contributed by atoms with Gasteiger partial charge in [0.2, 0.25) is 11.8 Å². The van der Waals surface area contributed by atoms with Crippen LogP contribution in [0.3, 0.4) is 0 Å². The van der Waals surface area contributed by atoms with E-state index in [1.165, 1.54) is 30.3 Å². The molecule has 0 spiro atoms. The molecule has 2 rings (SSSR count). The third-order valence-corrected chi connectivity index (χ3v) is 3.57. The van der Waals surface area contributed by atoms with Gasteiger partial charge in [-0.3, -0.25) is 4.68 Å². The number of nitrogens with one attached hydrogen (secondary N) is 1. The standard InChI is InChI=1S/C9H10ClN5O3S/c1-15-5-6(4-11-15)19(16,17)14-9-12-7(10)3-8(13-9)18-2/h3-5H,1-2H3,(H,12,13,14). The summed E-state index contributed by atoms with van der Waals surface area (Å²) < 4.78 is 32.4. The number of rotatable bonds is 4. The average molecular weight is 304 g/mol. The molecule has 8 nitrogen and oxygen atoms in total. The zero-order valence-electron chi connectivity index (χ0n) is 10.0. The van der Waals surface area contributed by atoms with Crippen LogP contribution in [-0.4, -0.2) is 35.3 Å². The lowest BCUT2D eigenvalue weighted by atomic mass is 10.6. The minimum Gasteiger partial charge on any atom is -0.481 e. The van der Waals surface area contributed by atoms with E-state index in [9.17, 15) is 8.42 Å². The summed E-state index contributed by atoms with van der Waals surface area (Å²) in [6.07, 6.45) is 2.56. The van der Waals surface area contributed by atoms with Gasteiger partial charge in [0.15, 0.2) is 0 Å². The normalized spacial score (nSPS) is 11.3. The number of halogens is 1. The Morgan fingerprint density at radius 2 is 2.16 bits per heavy atom. The van der Waals surface area contributed by atoms with Gasteiger partial charge in [-0.15, -0.1) is 0 Å². The Balaban J connectivity index is 2.32. The van der Waals surface area contributed by atoms with E-state index in [1.807, 2.05) is 0 Å². The zero-order valence-corrected chi connectivity index (χ0v) is 11.6. The van der Waals surface area contributed by atoms with Crippen LogP contribution in [0.2, 0.25) is 5.15 Å². The highest BCUT2D eigenvalue weighted by Crippen LogP contribution is 2.18. The van der Waals surface area contributed by atoms with Crippen LogP contribution in [0.4, 0.5) is 5.95 Å². The lowest BCUT2D eigenvalue weighted by Crippen LogP contribution is -2.14. The van der Waals surface area contributed by atoms with Gasteiger partial charge >= 0.3 is 0 Å². The molecule has 0 aliphatic rings. The Labute approximate surface area is 114 Å². The van der Waals surface area contributed by atoms with Crippen LogP contribution < -0.4 is 9.46 Å². The van der Waals surface area contributed by atoms with Gasteiger partial charge in [-0.25, -0.2) is 18.1 Å². The molecule has 2 heterocycles. The summed E-state index contributed by atoms with van der Waals surface area (Å²) in [4.78, 5) is 7.59. The number of sulfonamides is 1. The van der Waals surface area contributed by atoms with Crippen molar-refractivity contribution in [1.82, 2.24) is 19.7 Å². The number of hydrogen-bond acceptors (Lipinski definition) is 6. The van der Waals surface area contributed by atoms with Crippen molar-refractivity contribution in [2.45, 2.75) is 4.90 Å². The number of aromatic nitrogens is 4. The molecule has 0 radical (unpaired) electrons. The first-order valence-corrected chi connectivity index (χ1v) is 6.87. The largest absolute Gasteiger partial charge is 0.481 e. The van der Waals surface area contributed by atoms with Crippen molar-refractivity contribution in [2.24, 2.45) is 7.05 Å². The van der Waals surface area contributed by atoms with Gasteiger partial charge in [0, 0.05) is 19.3 Å². The third-order valence-electron chi connectivity index (χ3n) is 2.10. The van der Waals surface area contributed by atoms with Crippen LogP contribution in [-0.2, 0) is 17.1 Å². The molecule has 0 fully saturated rings. The van der Waals surface area contributed by atoms with Crippen LogP contribution in [0.15, 0.2) is 23.4 Å². The smallest absolute Gasteiger partial charge is 0.267 e. The Hall–Kier alpha value is -1.87. The summed E-state index contributed by atoms with van der Waals surface area (Å²) in [5.41, 5.74) is 0. The molecule has 2 aromatic heterocycles. The van der Waals surface area contributed by atoms with Gasteiger partial charge in [-0.2, -0.15) is 10.1 Å². The molecular formula is C9H10ClN5O3S. The monoisotopic (exact) mass is 303 g/mol. The predicted octanol–water partition coefficient (Wildman–Crippen LogP) is 0.673. The molecule has 0 saturated carbocycles. The van der Waals surface area contributed by atoms with Crippen LogP contribution in [0.1, 0.15) is 0 Å². The Bertz CT molecular complexity index is 700. The van der Waals surface area contributed by atoms with Gasteiger partial charge in [-0.05, 0) is 0 Å². The zero-order chi connectivity index (χ0) is 14.0. The summed E-state index contributed by atoms with van der Waals surface area (Å²) in [7, 11) is -0.811. The fourth-order valence-electron chi connectivity index (χ4n) is 1.26. The Kier molecular flexibility index (Phi) is 3.58. The van der Waals surface area contributed by atoms with Crippen LogP contribution >= 0.6 is 11.6 Å². The highest BCUT2D eigenvalue weighted by Gasteiger charge is 2.18. The van der Waals surface area contributed by atoms with E-state index >= 15 is 0 Å². The van der Waals surface area contributed by atoms with E-state index in [1.54, 1.807) is 7.05 Å². The molecule has 19 heavy (non-hydrogen) atoms. The summed E-state index contributed by atoms with van der Waals surface area (Å²) in [6, 6.07) is 1.36. The number of aryl methyl sites for hydroxylation is 1. The Morgan fingerprint density at radius 1 is 1.42 bits per heavy atom. The molecule has 10 heteroatoms. The van der Waals surface area contributed by atoms with E-state index in [-0.39, 0.29) is 21.9 Å². The quantitative estimate of drug-likeness (QED) is 0.834. The molecule has 0 aliphatic carbocycles. The van der Waals surface area contributed by atoms with Crippen molar-refractivity contribution in [1.29, 1.82) is 0 Å². The van der Waals surface area contributed by atoms with E-state index in [0.29, 0.717) is 0 Å². The molecule has 0 amide bonds. The SMILES string of the molecule is COc1cc(Cl)nc(NS(=O)(=O)c2cnn(C)c2)n1. The fraction of sp³-hybridized carbons (Fsp3) is 0.222. The van der Waals surface area contributed by atoms with Gasteiger partial charge in [0.25, 0.3) is 10.0 Å². The first-order chi connectivity index (χ1) is 8.90. The fourth-order valence-corrected chi connectivity index (χ4v) is 2.36. The lowest BCUT2D eigenvalue weighted by Gasteiger charge is -2.06. The molecular weight excluding hydrogens is 294 g/mol. The maximum Gasteiger partial charge on any atom is 0.267 e. The molecule has 2 aromatic rings. The number of methoxy groups -OCH3 is 1. The second kappa shape index (κ2) is 5.02. The van der Waals surface area contributed by atoms with Crippen molar-refractivity contribution in [3.05, 3.63) is 23.6 Å². The summed E-state index contributed by atoms with van der Waals surface area (Å²) in [5.74, 6) is -0.0166. The molecule has 0 bridgehead atoms. The second-order valence-electron chi connectivity index (χ2n) is 3.51. The van der Waals surface area contributed by atoms with Gasteiger partial charge in [-0.1, -0.05) is 11.6 Å². The van der Waals surface area contributed by atoms with Gasteiger partial charge in [0.05, 0.1) is 13.3 Å². The molecule has 0 saturated heterocycles. The van der Waals surface area contributed by atoms with E-state index in [2.05, 4.69) is 19.8 Å². The number of ether oxygens (including phenoxy) is 1. The highest BCUT2D eigenvalue weighted by molar-refractivity contribution is 7.92. The van der Waals surface area contributed by atoms with Gasteiger partial charge < -0.3 is 4.74 Å².